The SMILES string of the molecule is CCCc1ccc2c3c4c(c5c6ccccc6n6c5c3n(c2c1)[C@H]1C[C@@H](NC)[C@@H](OC)[C@]6(C)O1)C(OCCOCCOCCOC)NC4=O. The molecule has 0 aliphatic carbocycles. The van der Waals surface area contributed by atoms with Crippen molar-refractivity contribution < 1.29 is 33.2 Å². The molecule has 1 amide bonds. The van der Waals surface area contributed by atoms with E-state index in [1.807, 2.05) is 7.05 Å². The summed E-state index contributed by atoms with van der Waals surface area (Å²) in [6.07, 6.45) is 1.49. The van der Waals surface area contributed by atoms with E-state index in [4.69, 9.17) is 28.4 Å². The van der Waals surface area contributed by atoms with Crippen molar-refractivity contribution in [1.29, 1.82) is 0 Å². The second kappa shape index (κ2) is 13.0. The van der Waals surface area contributed by atoms with Gasteiger partial charge in [0, 0.05) is 53.8 Å². The number of aromatic nitrogens is 2. The van der Waals surface area contributed by atoms with Gasteiger partial charge < -0.3 is 48.2 Å². The summed E-state index contributed by atoms with van der Waals surface area (Å²) < 4.78 is 41.1. The van der Waals surface area contributed by atoms with Crippen LogP contribution in [0, 0.1) is 0 Å². The minimum atomic E-state index is -0.869. The van der Waals surface area contributed by atoms with Crippen LogP contribution in [0.5, 0.6) is 0 Å². The van der Waals surface area contributed by atoms with Crippen molar-refractivity contribution in [3.05, 3.63) is 59.2 Å². The fourth-order valence-corrected chi connectivity index (χ4v) is 8.71. The van der Waals surface area contributed by atoms with Crippen LogP contribution in [-0.4, -0.2) is 88.1 Å². The summed E-state index contributed by atoms with van der Waals surface area (Å²) in [6, 6.07) is 15.1. The highest BCUT2D eigenvalue weighted by atomic mass is 16.6. The van der Waals surface area contributed by atoms with Crippen LogP contribution in [0.3, 0.4) is 0 Å². The van der Waals surface area contributed by atoms with E-state index >= 15 is 0 Å². The molecule has 11 nitrogen and oxygen atoms in total. The van der Waals surface area contributed by atoms with Crippen molar-refractivity contribution in [2.45, 2.75) is 63.4 Å². The third-order valence-corrected chi connectivity index (χ3v) is 10.6. The van der Waals surface area contributed by atoms with Crippen LogP contribution in [0.4, 0.5) is 0 Å². The zero-order chi connectivity index (χ0) is 33.9. The molecule has 1 unspecified atom stereocenters. The highest BCUT2D eigenvalue weighted by molar-refractivity contribution is 6.31. The van der Waals surface area contributed by atoms with Gasteiger partial charge in [-0.05, 0) is 38.1 Å². The van der Waals surface area contributed by atoms with Crippen molar-refractivity contribution in [3.63, 3.8) is 0 Å². The number of aryl methyl sites for hydroxylation is 1. The lowest BCUT2D eigenvalue weighted by atomic mass is 9.93. The molecule has 0 spiro atoms. The first kappa shape index (κ1) is 32.6. The highest BCUT2D eigenvalue weighted by Gasteiger charge is 2.53. The first-order chi connectivity index (χ1) is 24.0. The molecule has 3 aromatic carbocycles. The minimum absolute atomic E-state index is 0.0159. The first-order valence-corrected chi connectivity index (χ1v) is 17.5. The quantitative estimate of drug-likeness (QED) is 0.149. The maximum absolute atomic E-state index is 14.2. The molecular formula is C38H46N4O7. The Morgan fingerprint density at radius 1 is 0.959 bits per heavy atom. The number of carbonyl (C=O) groups is 1. The number of carbonyl (C=O) groups excluding carboxylic acids is 1. The summed E-state index contributed by atoms with van der Waals surface area (Å²) in [7, 11) is 5.41. The Kier molecular flexibility index (Phi) is 8.64. The average Bonchev–Trinajstić information content (AvgIpc) is 3.72. The fraction of sp³-hybridized carbons (Fsp3) is 0.500. The van der Waals surface area contributed by atoms with Gasteiger partial charge in [0.25, 0.3) is 5.91 Å². The van der Waals surface area contributed by atoms with Gasteiger partial charge in [0.2, 0.25) is 0 Å². The zero-order valence-corrected chi connectivity index (χ0v) is 29.0. The number of hydrogen-bond donors (Lipinski definition) is 2. The second-order valence-electron chi connectivity index (χ2n) is 13.4. The van der Waals surface area contributed by atoms with Crippen LogP contribution in [0.25, 0.3) is 43.6 Å². The standard InChI is InChI=1S/C38H46N4O7/c1-6-9-22-12-13-24-27(20-22)41-28-21-25(39-3)35(45-5)38(2,49-28)42-26-11-8-7-10-23(26)30-32-31(29(24)33(41)34(30)42)36(43)40-37(32)48-19-18-47-17-16-46-15-14-44-4/h7-8,10-13,20,25,28,35,37,39H,6,9,14-19,21H2,1-5H3,(H,40,43)/t25-,28-,35-,37?,38+/m1/s1. The molecule has 2 aromatic heterocycles. The summed E-state index contributed by atoms with van der Waals surface area (Å²) in [5.74, 6) is -0.134. The van der Waals surface area contributed by atoms with Gasteiger partial charge in [-0.25, -0.2) is 0 Å². The number of nitrogens with zero attached hydrogens (tertiary/aromatic N) is 2. The predicted octanol–water partition coefficient (Wildman–Crippen LogP) is 5.50. The van der Waals surface area contributed by atoms with E-state index in [2.05, 4.69) is 76.1 Å². The highest BCUT2D eigenvalue weighted by Crippen LogP contribution is 2.54. The third-order valence-electron chi connectivity index (χ3n) is 10.6. The fourth-order valence-electron chi connectivity index (χ4n) is 8.71. The van der Waals surface area contributed by atoms with Crippen molar-refractivity contribution in [1.82, 2.24) is 19.8 Å². The number of nitrogens with one attached hydrogen (secondary N) is 2. The summed E-state index contributed by atoms with van der Waals surface area (Å²) in [5, 5.41) is 10.8. The van der Waals surface area contributed by atoms with E-state index in [-0.39, 0.29) is 24.3 Å². The Hall–Kier alpha value is -3.55. The van der Waals surface area contributed by atoms with Crippen LogP contribution in [0.15, 0.2) is 42.5 Å². The maximum atomic E-state index is 14.2. The number of rotatable bonds is 14. The lowest BCUT2D eigenvalue weighted by Gasteiger charge is -2.48. The molecule has 5 heterocycles. The molecular weight excluding hydrogens is 624 g/mol. The number of amides is 1. The number of benzene rings is 3. The van der Waals surface area contributed by atoms with Crippen LogP contribution in [0.1, 0.15) is 60.6 Å². The van der Waals surface area contributed by atoms with Gasteiger partial charge >= 0.3 is 0 Å². The van der Waals surface area contributed by atoms with Gasteiger partial charge in [0.05, 0.1) is 67.3 Å². The lowest BCUT2D eigenvalue weighted by molar-refractivity contribution is -0.256. The Morgan fingerprint density at radius 3 is 2.47 bits per heavy atom. The van der Waals surface area contributed by atoms with E-state index in [0.717, 1.165) is 62.0 Å². The number of hydrogen-bond acceptors (Lipinski definition) is 8. The Balaban J connectivity index is 1.35. The van der Waals surface area contributed by atoms with Crippen LogP contribution in [0.2, 0.25) is 0 Å². The second-order valence-corrected chi connectivity index (χ2v) is 13.4. The zero-order valence-electron chi connectivity index (χ0n) is 29.0. The monoisotopic (exact) mass is 670 g/mol. The van der Waals surface area contributed by atoms with Crippen LogP contribution < -0.4 is 10.6 Å². The first-order valence-electron chi connectivity index (χ1n) is 17.5. The van der Waals surface area contributed by atoms with E-state index in [0.29, 0.717) is 51.6 Å². The van der Waals surface area contributed by atoms with E-state index in [1.165, 1.54) is 5.56 Å². The van der Waals surface area contributed by atoms with Crippen molar-refractivity contribution in [3.8, 4) is 0 Å². The number of fused-ring (bicyclic) bond motifs is 13. The van der Waals surface area contributed by atoms with Gasteiger partial charge in [0.1, 0.15) is 12.3 Å². The summed E-state index contributed by atoms with van der Waals surface area (Å²) in [5.41, 5.74) is 6.07. The molecule has 49 heavy (non-hydrogen) atoms. The molecule has 2 N–H and O–H groups in total. The molecule has 3 aliphatic rings. The number of ether oxygens (including phenoxy) is 6. The van der Waals surface area contributed by atoms with Gasteiger partial charge in [-0.15, -0.1) is 0 Å². The van der Waals surface area contributed by atoms with Gasteiger partial charge in [-0.2, -0.15) is 0 Å². The number of methoxy groups -OCH3 is 2. The number of likely N-dealkylation sites (N-methyl/N-ethyl adjacent to an activating group) is 1. The molecule has 1 fully saturated rings. The van der Waals surface area contributed by atoms with E-state index in [9.17, 15) is 4.79 Å². The van der Waals surface area contributed by atoms with Crippen molar-refractivity contribution >= 4 is 49.5 Å². The summed E-state index contributed by atoms with van der Waals surface area (Å²) in [4.78, 5) is 14.2. The number of para-hydroxylation sites is 1. The molecule has 1 saturated heterocycles. The largest absolute Gasteiger partial charge is 0.382 e. The molecule has 5 atom stereocenters. The van der Waals surface area contributed by atoms with Crippen molar-refractivity contribution in [2.24, 2.45) is 0 Å². The third kappa shape index (κ3) is 4.93. The molecule has 8 rings (SSSR count). The lowest BCUT2D eigenvalue weighted by Crippen LogP contribution is -2.59. The smallest absolute Gasteiger partial charge is 0.254 e. The molecule has 3 aliphatic heterocycles. The van der Waals surface area contributed by atoms with Gasteiger partial charge in [-0.3, -0.25) is 4.79 Å². The molecule has 0 radical (unpaired) electrons. The summed E-state index contributed by atoms with van der Waals surface area (Å²) in [6.45, 7) is 7.04. The van der Waals surface area contributed by atoms with Crippen LogP contribution in [-0.2, 0) is 40.6 Å². The summed E-state index contributed by atoms with van der Waals surface area (Å²) >= 11 is 0. The van der Waals surface area contributed by atoms with Gasteiger partial charge in [0.15, 0.2) is 12.0 Å². The van der Waals surface area contributed by atoms with E-state index in [1.54, 1.807) is 14.2 Å². The molecule has 2 bridgehead atoms. The van der Waals surface area contributed by atoms with Gasteiger partial charge in [-0.1, -0.05) is 43.7 Å². The molecule has 0 saturated carbocycles. The predicted molar refractivity (Wildman–Crippen MR) is 188 cm³/mol. The average molecular weight is 671 g/mol. The Labute approximate surface area is 285 Å². The molecule has 260 valence electrons. The normalized spacial score (nSPS) is 24.5. The van der Waals surface area contributed by atoms with E-state index < -0.39 is 12.0 Å². The maximum Gasteiger partial charge on any atom is 0.254 e. The minimum Gasteiger partial charge on any atom is -0.382 e. The van der Waals surface area contributed by atoms with Crippen LogP contribution >= 0.6 is 0 Å². The Bertz CT molecular complexity index is 2050. The molecule has 11 heteroatoms. The Morgan fingerprint density at radius 2 is 1.71 bits per heavy atom. The topological polar surface area (TPSA) is 106 Å². The molecule has 5 aromatic rings. The van der Waals surface area contributed by atoms with Crippen molar-refractivity contribution in [2.75, 3.05) is 60.9 Å².